The van der Waals surface area contributed by atoms with Gasteiger partial charge < -0.3 is 10.0 Å². The van der Waals surface area contributed by atoms with Crippen LogP contribution in [0.4, 0.5) is 0 Å². The first-order valence-electron chi connectivity index (χ1n) is 4.83. The highest BCUT2D eigenvalue weighted by Crippen LogP contribution is 2.18. The lowest BCUT2D eigenvalue weighted by Gasteiger charge is -2.24. The third-order valence-electron chi connectivity index (χ3n) is 2.04. The zero-order chi connectivity index (χ0) is 9.61. The van der Waals surface area contributed by atoms with Crippen molar-refractivity contribution in [3.8, 4) is 0 Å². The lowest BCUT2D eigenvalue weighted by Crippen LogP contribution is -2.29. The highest BCUT2D eigenvalue weighted by Gasteiger charge is 2.11. The molecule has 0 heterocycles. The Morgan fingerprint density at radius 2 is 1.75 bits per heavy atom. The Bertz CT molecular complexity index is 107. The van der Waals surface area contributed by atoms with Crippen molar-refractivity contribution in [1.82, 2.24) is 4.90 Å². The van der Waals surface area contributed by atoms with Crippen LogP contribution >= 0.6 is 0 Å². The molecule has 0 saturated carbocycles. The molecule has 0 radical (unpaired) electrons. The van der Waals surface area contributed by atoms with Crippen LogP contribution in [0.15, 0.2) is 0 Å². The summed E-state index contributed by atoms with van der Waals surface area (Å²) in [4.78, 5) is 2.28. The van der Waals surface area contributed by atoms with E-state index in [4.69, 9.17) is 5.11 Å². The molecule has 0 fully saturated rings. The Labute approximate surface area is 76.6 Å². The van der Waals surface area contributed by atoms with Crippen LogP contribution < -0.4 is 0 Å². The van der Waals surface area contributed by atoms with Crippen molar-refractivity contribution in [2.45, 2.75) is 34.1 Å². The highest BCUT2D eigenvalue weighted by atomic mass is 16.3. The molecular weight excluding hydrogens is 150 g/mol. The van der Waals surface area contributed by atoms with Gasteiger partial charge in [-0.05, 0) is 24.9 Å². The monoisotopic (exact) mass is 173 g/mol. The summed E-state index contributed by atoms with van der Waals surface area (Å²) in [6, 6.07) is 0. The van der Waals surface area contributed by atoms with Gasteiger partial charge in [-0.1, -0.05) is 27.7 Å². The fraction of sp³-hybridized carbons (Fsp3) is 1.00. The summed E-state index contributed by atoms with van der Waals surface area (Å²) < 4.78 is 0. The first kappa shape index (κ1) is 11.9. The van der Waals surface area contributed by atoms with E-state index in [1.165, 1.54) is 6.42 Å². The van der Waals surface area contributed by atoms with Gasteiger partial charge in [-0.25, -0.2) is 0 Å². The smallest absolute Gasteiger partial charge is 0.0558 e. The number of hydrogen-bond acceptors (Lipinski definition) is 2. The van der Waals surface area contributed by atoms with Gasteiger partial charge >= 0.3 is 0 Å². The van der Waals surface area contributed by atoms with Crippen molar-refractivity contribution in [3.05, 3.63) is 0 Å². The Hall–Kier alpha value is -0.0800. The molecule has 0 amide bonds. The standard InChI is InChI=1S/C10H23NO/c1-5-11(8-9-12)7-6-10(2,3)4/h12H,5-9H2,1-4H3. The normalized spacial score (nSPS) is 12.5. The van der Waals surface area contributed by atoms with Crippen LogP contribution in [0.2, 0.25) is 0 Å². The quantitative estimate of drug-likeness (QED) is 0.684. The van der Waals surface area contributed by atoms with Gasteiger partial charge in [0.05, 0.1) is 6.61 Å². The highest BCUT2D eigenvalue weighted by molar-refractivity contribution is 4.65. The van der Waals surface area contributed by atoms with E-state index in [2.05, 4.69) is 32.6 Å². The molecule has 0 aromatic heterocycles. The molecule has 0 atom stereocenters. The van der Waals surface area contributed by atoms with Gasteiger partial charge in [0.2, 0.25) is 0 Å². The van der Waals surface area contributed by atoms with Gasteiger partial charge in [-0.2, -0.15) is 0 Å². The minimum atomic E-state index is 0.276. The van der Waals surface area contributed by atoms with Gasteiger partial charge in [0.25, 0.3) is 0 Å². The average Bonchev–Trinajstić information content (AvgIpc) is 1.96. The van der Waals surface area contributed by atoms with Crippen molar-refractivity contribution in [2.24, 2.45) is 5.41 Å². The fourth-order valence-electron chi connectivity index (χ4n) is 1.06. The number of rotatable bonds is 5. The molecular formula is C10H23NO. The van der Waals surface area contributed by atoms with E-state index in [9.17, 15) is 0 Å². The summed E-state index contributed by atoms with van der Waals surface area (Å²) in [5.41, 5.74) is 0.406. The van der Waals surface area contributed by atoms with E-state index in [1.807, 2.05) is 0 Å². The molecule has 12 heavy (non-hydrogen) atoms. The van der Waals surface area contributed by atoms with Gasteiger partial charge in [0, 0.05) is 6.54 Å². The van der Waals surface area contributed by atoms with E-state index < -0.39 is 0 Å². The number of hydrogen-bond donors (Lipinski definition) is 1. The van der Waals surface area contributed by atoms with Crippen molar-refractivity contribution >= 4 is 0 Å². The maximum absolute atomic E-state index is 8.76. The van der Waals surface area contributed by atoms with Crippen LogP contribution in [-0.4, -0.2) is 36.2 Å². The minimum Gasteiger partial charge on any atom is -0.395 e. The Morgan fingerprint density at radius 1 is 1.17 bits per heavy atom. The van der Waals surface area contributed by atoms with E-state index >= 15 is 0 Å². The second-order valence-corrected chi connectivity index (χ2v) is 4.47. The number of aliphatic hydroxyl groups excluding tert-OH is 1. The zero-order valence-electron chi connectivity index (χ0n) is 8.93. The van der Waals surface area contributed by atoms with Crippen molar-refractivity contribution in [2.75, 3.05) is 26.2 Å². The number of likely N-dealkylation sites (N-methyl/N-ethyl adjacent to an activating group) is 1. The van der Waals surface area contributed by atoms with E-state index in [1.54, 1.807) is 0 Å². The molecule has 0 rings (SSSR count). The lowest BCUT2D eigenvalue weighted by atomic mass is 9.92. The van der Waals surface area contributed by atoms with E-state index in [-0.39, 0.29) is 6.61 Å². The van der Waals surface area contributed by atoms with Crippen molar-refractivity contribution in [3.63, 3.8) is 0 Å². The van der Waals surface area contributed by atoms with Crippen LogP contribution in [0.25, 0.3) is 0 Å². The lowest BCUT2D eigenvalue weighted by molar-refractivity contribution is 0.183. The predicted octanol–water partition coefficient (Wildman–Crippen LogP) is 1.74. The Kier molecular flexibility index (Phi) is 5.51. The first-order chi connectivity index (χ1) is 5.49. The average molecular weight is 173 g/mol. The molecule has 0 aliphatic heterocycles. The summed E-state index contributed by atoms with van der Waals surface area (Å²) in [5, 5.41) is 8.76. The molecule has 0 aromatic carbocycles. The van der Waals surface area contributed by atoms with E-state index in [0.29, 0.717) is 5.41 Å². The first-order valence-corrected chi connectivity index (χ1v) is 4.83. The van der Waals surface area contributed by atoms with Crippen LogP contribution in [0.3, 0.4) is 0 Å². The largest absolute Gasteiger partial charge is 0.395 e. The third kappa shape index (κ3) is 6.62. The summed E-state index contributed by atoms with van der Waals surface area (Å²) in [7, 11) is 0. The topological polar surface area (TPSA) is 23.5 Å². The summed E-state index contributed by atoms with van der Waals surface area (Å²) in [6.07, 6.45) is 1.20. The van der Waals surface area contributed by atoms with Crippen LogP contribution in [0.5, 0.6) is 0 Å². The maximum atomic E-state index is 8.76. The molecule has 0 aromatic rings. The molecule has 0 bridgehead atoms. The Balaban J connectivity index is 3.58. The summed E-state index contributed by atoms with van der Waals surface area (Å²) >= 11 is 0. The molecule has 0 spiro atoms. The molecule has 2 nitrogen and oxygen atoms in total. The van der Waals surface area contributed by atoms with Crippen LogP contribution in [0.1, 0.15) is 34.1 Å². The number of aliphatic hydroxyl groups is 1. The van der Waals surface area contributed by atoms with Crippen molar-refractivity contribution < 1.29 is 5.11 Å². The second-order valence-electron chi connectivity index (χ2n) is 4.47. The predicted molar refractivity (Wildman–Crippen MR) is 53.3 cm³/mol. The summed E-state index contributed by atoms with van der Waals surface area (Å²) in [6.45, 7) is 12.1. The fourth-order valence-corrected chi connectivity index (χ4v) is 1.06. The van der Waals surface area contributed by atoms with Crippen LogP contribution in [-0.2, 0) is 0 Å². The Morgan fingerprint density at radius 3 is 2.08 bits per heavy atom. The van der Waals surface area contributed by atoms with Gasteiger partial charge in [0.1, 0.15) is 0 Å². The molecule has 0 aliphatic rings. The molecule has 74 valence electrons. The molecule has 0 aliphatic carbocycles. The number of nitrogens with zero attached hydrogens (tertiary/aromatic N) is 1. The molecule has 0 saturated heterocycles. The molecule has 1 N–H and O–H groups in total. The van der Waals surface area contributed by atoms with Gasteiger partial charge in [-0.15, -0.1) is 0 Å². The van der Waals surface area contributed by atoms with Crippen molar-refractivity contribution in [1.29, 1.82) is 0 Å². The minimum absolute atomic E-state index is 0.276. The maximum Gasteiger partial charge on any atom is 0.0558 e. The van der Waals surface area contributed by atoms with Crippen LogP contribution in [0, 0.1) is 5.41 Å². The summed E-state index contributed by atoms with van der Waals surface area (Å²) in [5.74, 6) is 0. The SMILES string of the molecule is CCN(CCO)CCC(C)(C)C. The molecule has 0 unspecified atom stereocenters. The van der Waals surface area contributed by atoms with E-state index in [0.717, 1.165) is 19.6 Å². The van der Waals surface area contributed by atoms with Gasteiger partial charge in [0.15, 0.2) is 0 Å². The third-order valence-corrected chi connectivity index (χ3v) is 2.04. The molecule has 2 heteroatoms. The van der Waals surface area contributed by atoms with Gasteiger partial charge in [-0.3, -0.25) is 0 Å². The zero-order valence-corrected chi connectivity index (χ0v) is 8.93. The second kappa shape index (κ2) is 5.55.